The number of amides is 2. The molecule has 0 spiro atoms. The number of aryl methyl sites for hydroxylation is 1. The van der Waals surface area contributed by atoms with Crippen LogP contribution in [0.15, 0.2) is 24.3 Å². The number of carbonyl (C=O) groups excluding carboxylic acids is 1. The number of nitrogens with zero attached hydrogens (tertiary/aromatic N) is 2. The number of hydrogen-bond donors (Lipinski definition) is 1. The normalized spacial score (nSPS) is 21.6. The average Bonchev–Trinajstić information content (AvgIpc) is 2.58. The molecule has 0 bridgehead atoms. The number of urea groups is 1. The Bertz CT molecular complexity index is 427. The molecule has 0 saturated carbocycles. The van der Waals surface area contributed by atoms with Gasteiger partial charge in [0.15, 0.2) is 0 Å². The van der Waals surface area contributed by atoms with Crippen molar-refractivity contribution >= 4 is 6.03 Å². The summed E-state index contributed by atoms with van der Waals surface area (Å²) in [7, 11) is 1.86. The zero-order chi connectivity index (χ0) is 13.3. The van der Waals surface area contributed by atoms with Crippen LogP contribution in [0.1, 0.15) is 24.1 Å². The molecule has 18 heavy (non-hydrogen) atoms. The summed E-state index contributed by atoms with van der Waals surface area (Å²) in [6.07, 6.45) is 0. The van der Waals surface area contributed by atoms with E-state index in [9.17, 15) is 4.79 Å². The van der Waals surface area contributed by atoms with Crippen LogP contribution >= 0.6 is 0 Å². The average molecular weight is 247 g/mol. The molecule has 1 saturated heterocycles. The van der Waals surface area contributed by atoms with E-state index >= 15 is 0 Å². The Morgan fingerprint density at radius 1 is 1.39 bits per heavy atom. The highest BCUT2D eigenvalue weighted by Gasteiger charge is 2.35. The van der Waals surface area contributed by atoms with Crippen LogP contribution in [0.5, 0.6) is 0 Å². The van der Waals surface area contributed by atoms with Crippen molar-refractivity contribution in [2.75, 3.05) is 20.1 Å². The van der Waals surface area contributed by atoms with E-state index in [1.54, 1.807) is 4.90 Å². The van der Waals surface area contributed by atoms with Crippen molar-refractivity contribution in [1.29, 1.82) is 0 Å². The molecule has 1 aromatic rings. The van der Waals surface area contributed by atoms with Gasteiger partial charge >= 0.3 is 6.03 Å². The maximum Gasteiger partial charge on any atom is 0.320 e. The number of nitrogens with two attached hydrogens (primary N) is 1. The van der Waals surface area contributed by atoms with Crippen LogP contribution in [0.25, 0.3) is 0 Å². The van der Waals surface area contributed by atoms with Gasteiger partial charge in [0, 0.05) is 26.2 Å². The summed E-state index contributed by atoms with van der Waals surface area (Å²) in [5, 5.41) is 0. The van der Waals surface area contributed by atoms with Crippen LogP contribution < -0.4 is 5.73 Å². The molecule has 0 aliphatic carbocycles. The van der Waals surface area contributed by atoms with Crippen molar-refractivity contribution in [1.82, 2.24) is 9.80 Å². The number of benzene rings is 1. The quantitative estimate of drug-likeness (QED) is 0.884. The molecule has 1 aliphatic rings. The Kier molecular flexibility index (Phi) is 3.57. The second-order valence-electron chi connectivity index (χ2n) is 5.20. The van der Waals surface area contributed by atoms with Gasteiger partial charge in [0.2, 0.25) is 0 Å². The van der Waals surface area contributed by atoms with Gasteiger partial charge in [-0.15, -0.1) is 0 Å². The fourth-order valence-corrected chi connectivity index (χ4v) is 2.38. The topological polar surface area (TPSA) is 49.6 Å². The van der Waals surface area contributed by atoms with E-state index in [0.29, 0.717) is 6.54 Å². The van der Waals surface area contributed by atoms with Gasteiger partial charge in [-0.05, 0) is 19.4 Å². The molecule has 4 nitrogen and oxygen atoms in total. The van der Waals surface area contributed by atoms with E-state index in [1.165, 1.54) is 11.1 Å². The Balaban J connectivity index is 2.15. The first kappa shape index (κ1) is 12.9. The van der Waals surface area contributed by atoms with Gasteiger partial charge in [-0.2, -0.15) is 0 Å². The van der Waals surface area contributed by atoms with Crippen LogP contribution in [0, 0.1) is 6.92 Å². The van der Waals surface area contributed by atoms with Crippen molar-refractivity contribution in [3.63, 3.8) is 0 Å². The summed E-state index contributed by atoms with van der Waals surface area (Å²) in [6, 6.07) is 8.58. The van der Waals surface area contributed by atoms with E-state index < -0.39 is 0 Å². The molecule has 1 heterocycles. The van der Waals surface area contributed by atoms with Crippen LogP contribution in [-0.2, 0) is 0 Å². The van der Waals surface area contributed by atoms with E-state index in [2.05, 4.69) is 31.2 Å². The highest BCUT2D eigenvalue weighted by Crippen LogP contribution is 2.28. The lowest BCUT2D eigenvalue weighted by Crippen LogP contribution is -2.38. The minimum atomic E-state index is 0.0131. The highest BCUT2D eigenvalue weighted by atomic mass is 16.2. The summed E-state index contributed by atoms with van der Waals surface area (Å²) in [5.41, 5.74) is 8.19. The van der Waals surface area contributed by atoms with Crippen LogP contribution in [0.2, 0.25) is 0 Å². The summed E-state index contributed by atoms with van der Waals surface area (Å²) in [6.45, 7) is 5.33. The first-order valence-corrected chi connectivity index (χ1v) is 6.33. The Hall–Kier alpha value is -1.55. The van der Waals surface area contributed by atoms with Gasteiger partial charge in [-0.3, -0.25) is 0 Å². The number of carbonyl (C=O) groups is 1. The third kappa shape index (κ3) is 2.48. The number of rotatable bonds is 3. The Morgan fingerprint density at radius 3 is 2.56 bits per heavy atom. The van der Waals surface area contributed by atoms with Gasteiger partial charge in [0.25, 0.3) is 0 Å². The minimum Gasteiger partial charge on any atom is -0.326 e. The van der Waals surface area contributed by atoms with Gasteiger partial charge < -0.3 is 15.5 Å². The lowest BCUT2D eigenvalue weighted by Gasteiger charge is -2.18. The van der Waals surface area contributed by atoms with Crippen molar-refractivity contribution in [3.8, 4) is 0 Å². The van der Waals surface area contributed by atoms with Gasteiger partial charge in [0.1, 0.15) is 0 Å². The number of hydrogen-bond acceptors (Lipinski definition) is 2. The second-order valence-corrected chi connectivity index (χ2v) is 5.20. The molecular weight excluding hydrogens is 226 g/mol. The summed E-state index contributed by atoms with van der Waals surface area (Å²) < 4.78 is 0. The van der Waals surface area contributed by atoms with E-state index in [0.717, 1.165) is 6.54 Å². The molecule has 98 valence electrons. The molecular formula is C14H21N3O. The standard InChI is InChI=1S/C14H21N3O/c1-10-4-6-12(7-5-10)13-9-17(8-11(2)15)14(18)16(13)3/h4-7,11,13H,8-9,15H2,1-3H3. The smallest absolute Gasteiger partial charge is 0.320 e. The zero-order valence-corrected chi connectivity index (χ0v) is 11.3. The predicted octanol–water partition coefficient (Wildman–Crippen LogP) is 1.75. The molecule has 2 atom stereocenters. The first-order chi connectivity index (χ1) is 8.49. The van der Waals surface area contributed by atoms with Crippen LogP contribution in [-0.4, -0.2) is 42.0 Å². The number of likely N-dealkylation sites (N-methyl/N-ethyl adjacent to an activating group) is 1. The third-order valence-electron chi connectivity index (χ3n) is 3.40. The van der Waals surface area contributed by atoms with Crippen molar-refractivity contribution in [3.05, 3.63) is 35.4 Å². The van der Waals surface area contributed by atoms with Crippen molar-refractivity contribution < 1.29 is 4.79 Å². The predicted molar refractivity (Wildman–Crippen MR) is 72.3 cm³/mol. The monoisotopic (exact) mass is 247 g/mol. The second kappa shape index (κ2) is 4.98. The lowest BCUT2D eigenvalue weighted by atomic mass is 10.1. The largest absolute Gasteiger partial charge is 0.326 e. The molecule has 2 unspecified atom stereocenters. The fraction of sp³-hybridized carbons (Fsp3) is 0.500. The highest BCUT2D eigenvalue weighted by molar-refractivity contribution is 5.77. The Labute approximate surface area is 108 Å². The minimum absolute atomic E-state index is 0.0131. The fourth-order valence-electron chi connectivity index (χ4n) is 2.38. The molecule has 2 N–H and O–H groups in total. The van der Waals surface area contributed by atoms with E-state index in [-0.39, 0.29) is 18.1 Å². The van der Waals surface area contributed by atoms with E-state index in [4.69, 9.17) is 5.73 Å². The van der Waals surface area contributed by atoms with Crippen molar-refractivity contribution in [2.45, 2.75) is 25.9 Å². The zero-order valence-electron chi connectivity index (χ0n) is 11.3. The molecule has 1 aromatic carbocycles. The van der Waals surface area contributed by atoms with E-state index in [1.807, 2.05) is 18.9 Å². The third-order valence-corrected chi connectivity index (χ3v) is 3.40. The van der Waals surface area contributed by atoms with Gasteiger partial charge in [0.05, 0.1) is 6.04 Å². The van der Waals surface area contributed by atoms with Gasteiger partial charge in [-0.1, -0.05) is 29.8 Å². The van der Waals surface area contributed by atoms with Crippen LogP contribution in [0.3, 0.4) is 0 Å². The summed E-state index contributed by atoms with van der Waals surface area (Å²) in [5.74, 6) is 0. The van der Waals surface area contributed by atoms with Crippen molar-refractivity contribution in [2.24, 2.45) is 5.73 Å². The molecule has 2 rings (SSSR count). The molecule has 4 heteroatoms. The molecule has 0 aromatic heterocycles. The Morgan fingerprint density at radius 2 is 2.00 bits per heavy atom. The lowest BCUT2D eigenvalue weighted by molar-refractivity contribution is 0.194. The van der Waals surface area contributed by atoms with Crippen LogP contribution in [0.4, 0.5) is 4.79 Å². The van der Waals surface area contributed by atoms with Gasteiger partial charge in [-0.25, -0.2) is 4.79 Å². The summed E-state index contributed by atoms with van der Waals surface area (Å²) >= 11 is 0. The maximum atomic E-state index is 12.1. The molecule has 2 amide bonds. The molecule has 0 radical (unpaired) electrons. The first-order valence-electron chi connectivity index (χ1n) is 6.33. The molecule has 1 fully saturated rings. The molecule has 1 aliphatic heterocycles. The maximum absolute atomic E-state index is 12.1. The summed E-state index contributed by atoms with van der Waals surface area (Å²) in [4.78, 5) is 15.7. The SMILES string of the molecule is Cc1ccc(C2CN(CC(C)N)C(=O)N2C)cc1.